The monoisotopic (exact) mass is 278 g/mol. The lowest BCUT2D eigenvalue weighted by Gasteiger charge is -2.08. The van der Waals surface area contributed by atoms with Crippen LogP contribution >= 0.6 is 22.9 Å². The normalized spacial score (nSPS) is 11.8. The van der Waals surface area contributed by atoms with Crippen molar-refractivity contribution in [2.24, 2.45) is 0 Å². The smallest absolute Gasteiger partial charge is 0.375 e. The molecule has 0 unspecified atom stereocenters. The molecular formula is C10H6ClF3N2S. The highest BCUT2D eigenvalue weighted by Crippen LogP contribution is 2.37. The van der Waals surface area contributed by atoms with Gasteiger partial charge in [-0.25, -0.2) is 4.98 Å². The largest absolute Gasteiger partial charge is 0.416 e. The first-order chi connectivity index (χ1) is 7.88. The van der Waals surface area contributed by atoms with Gasteiger partial charge >= 0.3 is 6.18 Å². The number of nitrogens with zero attached hydrogens (tertiary/aromatic N) is 1. The zero-order chi connectivity index (χ0) is 12.6. The van der Waals surface area contributed by atoms with Crippen molar-refractivity contribution in [2.75, 3.05) is 5.73 Å². The number of halogens is 4. The van der Waals surface area contributed by atoms with Crippen LogP contribution in [0.2, 0.25) is 5.02 Å². The van der Waals surface area contributed by atoms with Crippen LogP contribution in [-0.2, 0) is 6.18 Å². The topological polar surface area (TPSA) is 38.9 Å². The second-order valence-electron chi connectivity index (χ2n) is 3.26. The van der Waals surface area contributed by atoms with E-state index in [0.717, 1.165) is 12.1 Å². The Morgan fingerprint density at radius 1 is 1.29 bits per heavy atom. The van der Waals surface area contributed by atoms with E-state index >= 15 is 0 Å². The summed E-state index contributed by atoms with van der Waals surface area (Å²) in [5.74, 6) is 0. The highest BCUT2D eigenvalue weighted by atomic mass is 35.5. The summed E-state index contributed by atoms with van der Waals surface area (Å²) in [6.07, 6.45) is -2.91. The lowest BCUT2D eigenvalue weighted by molar-refractivity contribution is -0.137. The van der Waals surface area contributed by atoms with Crippen molar-refractivity contribution in [1.29, 1.82) is 0 Å². The summed E-state index contributed by atoms with van der Waals surface area (Å²) in [6, 6.07) is 3.20. The maximum absolute atomic E-state index is 12.4. The van der Waals surface area contributed by atoms with Gasteiger partial charge in [-0.3, -0.25) is 0 Å². The van der Waals surface area contributed by atoms with Crippen molar-refractivity contribution in [3.63, 3.8) is 0 Å². The van der Waals surface area contributed by atoms with Crippen LogP contribution < -0.4 is 5.73 Å². The first-order valence-corrected chi connectivity index (χ1v) is 5.66. The summed E-state index contributed by atoms with van der Waals surface area (Å²) >= 11 is 6.99. The van der Waals surface area contributed by atoms with Gasteiger partial charge < -0.3 is 5.73 Å². The van der Waals surface area contributed by atoms with Gasteiger partial charge in [0.2, 0.25) is 0 Å². The first kappa shape index (κ1) is 12.2. The Labute approximate surface area is 104 Å². The molecule has 1 aromatic heterocycles. The van der Waals surface area contributed by atoms with E-state index in [4.69, 9.17) is 17.3 Å². The van der Waals surface area contributed by atoms with Gasteiger partial charge in [-0.1, -0.05) is 29.0 Å². The molecule has 0 aliphatic heterocycles. The number of nitrogens with two attached hydrogens (primary N) is 1. The molecule has 7 heteroatoms. The lowest BCUT2D eigenvalue weighted by atomic mass is 10.1. The minimum absolute atomic E-state index is 0.0310. The molecule has 0 radical (unpaired) electrons. The van der Waals surface area contributed by atoms with E-state index in [-0.39, 0.29) is 5.02 Å². The summed E-state index contributed by atoms with van der Waals surface area (Å²) in [7, 11) is 0. The zero-order valence-electron chi connectivity index (χ0n) is 8.25. The molecule has 0 atom stereocenters. The van der Waals surface area contributed by atoms with Crippen molar-refractivity contribution in [1.82, 2.24) is 4.98 Å². The van der Waals surface area contributed by atoms with Crippen LogP contribution in [-0.4, -0.2) is 4.98 Å². The lowest BCUT2D eigenvalue weighted by Crippen LogP contribution is -2.04. The Kier molecular flexibility index (Phi) is 3.01. The highest BCUT2D eigenvalue weighted by molar-refractivity contribution is 7.18. The Balaban J connectivity index is 2.45. The number of hydrogen-bond acceptors (Lipinski definition) is 3. The molecular weight excluding hydrogens is 273 g/mol. The number of aromatic nitrogens is 1. The summed E-state index contributed by atoms with van der Waals surface area (Å²) in [5, 5.41) is 0.374. The standard InChI is InChI=1S/C10H6ClF3N2S/c11-7-3-5(10(12,13)14)1-2-6(7)8-4-16-9(15)17-8/h1-4H,(H2,15,16). The van der Waals surface area contributed by atoms with Gasteiger partial charge in [0.15, 0.2) is 5.13 Å². The molecule has 2 N–H and O–H groups in total. The van der Waals surface area contributed by atoms with Crippen LogP contribution in [0.4, 0.5) is 18.3 Å². The van der Waals surface area contributed by atoms with Gasteiger partial charge in [-0.2, -0.15) is 13.2 Å². The number of hydrogen-bond donors (Lipinski definition) is 1. The van der Waals surface area contributed by atoms with Crippen molar-refractivity contribution in [2.45, 2.75) is 6.18 Å². The van der Waals surface area contributed by atoms with E-state index in [2.05, 4.69) is 4.98 Å². The van der Waals surface area contributed by atoms with Crippen LogP contribution in [0.1, 0.15) is 5.56 Å². The van der Waals surface area contributed by atoms with Crippen molar-refractivity contribution < 1.29 is 13.2 Å². The number of rotatable bonds is 1. The molecule has 0 aliphatic rings. The van der Waals surface area contributed by atoms with E-state index in [1.165, 1.54) is 23.6 Å². The van der Waals surface area contributed by atoms with E-state index in [1.807, 2.05) is 0 Å². The molecule has 0 spiro atoms. The Morgan fingerprint density at radius 2 is 2.00 bits per heavy atom. The van der Waals surface area contributed by atoms with E-state index in [9.17, 15) is 13.2 Å². The van der Waals surface area contributed by atoms with Crippen LogP contribution in [0, 0.1) is 0 Å². The second kappa shape index (κ2) is 4.19. The molecule has 2 rings (SSSR count). The Hall–Kier alpha value is -1.27. The first-order valence-electron chi connectivity index (χ1n) is 4.46. The third-order valence-corrected chi connectivity index (χ3v) is 3.26. The molecule has 0 fully saturated rings. The number of nitrogen functional groups attached to an aromatic ring is 1. The van der Waals surface area contributed by atoms with Crippen molar-refractivity contribution in [3.05, 3.63) is 35.0 Å². The summed E-state index contributed by atoms with van der Waals surface area (Å²) in [4.78, 5) is 4.46. The van der Waals surface area contributed by atoms with E-state index in [1.54, 1.807) is 0 Å². The maximum Gasteiger partial charge on any atom is 0.416 e. The van der Waals surface area contributed by atoms with Crippen LogP contribution in [0.15, 0.2) is 24.4 Å². The SMILES string of the molecule is Nc1ncc(-c2ccc(C(F)(F)F)cc2Cl)s1. The number of alkyl halides is 3. The molecule has 2 nitrogen and oxygen atoms in total. The summed E-state index contributed by atoms with van der Waals surface area (Å²) in [5.41, 5.74) is 5.17. The van der Waals surface area contributed by atoms with Gasteiger partial charge in [0, 0.05) is 16.8 Å². The number of thiazole rings is 1. The molecule has 0 bridgehead atoms. The van der Waals surface area contributed by atoms with E-state index < -0.39 is 11.7 Å². The minimum Gasteiger partial charge on any atom is -0.375 e. The van der Waals surface area contributed by atoms with Gasteiger partial charge in [0.1, 0.15) is 0 Å². The highest BCUT2D eigenvalue weighted by Gasteiger charge is 2.31. The van der Waals surface area contributed by atoms with Gasteiger partial charge in [-0.15, -0.1) is 0 Å². The summed E-state index contributed by atoms with van der Waals surface area (Å²) in [6.45, 7) is 0. The molecule has 0 saturated carbocycles. The third kappa shape index (κ3) is 2.53. The number of benzene rings is 1. The molecule has 0 aliphatic carbocycles. The number of anilines is 1. The molecule has 1 heterocycles. The molecule has 2 aromatic rings. The quantitative estimate of drug-likeness (QED) is 0.854. The van der Waals surface area contributed by atoms with Gasteiger partial charge in [0.05, 0.1) is 10.4 Å². The Bertz CT molecular complexity index is 551. The third-order valence-electron chi connectivity index (χ3n) is 2.09. The van der Waals surface area contributed by atoms with Crippen LogP contribution in [0.25, 0.3) is 10.4 Å². The fraction of sp³-hybridized carbons (Fsp3) is 0.100. The van der Waals surface area contributed by atoms with Crippen LogP contribution in [0.3, 0.4) is 0 Å². The molecule has 0 amide bonds. The fourth-order valence-corrected chi connectivity index (χ4v) is 2.37. The van der Waals surface area contributed by atoms with E-state index in [0.29, 0.717) is 15.6 Å². The average Bonchev–Trinajstić information content (AvgIpc) is 2.63. The average molecular weight is 279 g/mol. The fourth-order valence-electron chi connectivity index (χ4n) is 1.30. The molecule has 1 aromatic carbocycles. The molecule has 17 heavy (non-hydrogen) atoms. The van der Waals surface area contributed by atoms with Gasteiger partial charge in [0.25, 0.3) is 0 Å². The predicted octanol–water partition coefficient (Wildman–Crippen LogP) is 4.06. The zero-order valence-corrected chi connectivity index (χ0v) is 9.83. The van der Waals surface area contributed by atoms with Crippen molar-refractivity contribution in [3.8, 4) is 10.4 Å². The van der Waals surface area contributed by atoms with Crippen LogP contribution in [0.5, 0.6) is 0 Å². The summed E-state index contributed by atoms with van der Waals surface area (Å²) < 4.78 is 37.3. The maximum atomic E-state index is 12.4. The predicted molar refractivity (Wildman–Crippen MR) is 62.0 cm³/mol. The second-order valence-corrected chi connectivity index (χ2v) is 4.72. The molecule has 90 valence electrons. The Morgan fingerprint density at radius 3 is 2.47 bits per heavy atom. The minimum atomic E-state index is -4.39. The van der Waals surface area contributed by atoms with Crippen molar-refractivity contribution >= 4 is 28.1 Å². The van der Waals surface area contributed by atoms with Gasteiger partial charge in [-0.05, 0) is 12.1 Å². The molecule has 0 saturated heterocycles.